The van der Waals surface area contributed by atoms with Gasteiger partial charge in [0.1, 0.15) is 35.3 Å². The molecule has 2 aromatic carbocycles. The number of carbonyl (C=O) groups is 2. The van der Waals surface area contributed by atoms with E-state index in [1.54, 1.807) is 34.8 Å². The Labute approximate surface area is 239 Å². The van der Waals surface area contributed by atoms with E-state index in [9.17, 15) is 9.59 Å². The van der Waals surface area contributed by atoms with Gasteiger partial charge >= 0.3 is 12.1 Å². The third kappa shape index (κ3) is 12.3. The normalized spacial score (nSPS) is 14.8. The van der Waals surface area contributed by atoms with Crippen molar-refractivity contribution in [2.24, 2.45) is 5.92 Å². The molecule has 4 atom stereocenters. The molecule has 0 aliphatic heterocycles. The highest BCUT2D eigenvalue weighted by molar-refractivity contribution is 5.81. The highest BCUT2D eigenvalue weighted by atomic mass is 16.6. The second-order valence-electron chi connectivity index (χ2n) is 12.0. The van der Waals surface area contributed by atoms with Crippen molar-refractivity contribution in [3.8, 4) is 11.5 Å². The number of carbonyl (C=O) groups excluding carboxylic acids is 2. The van der Waals surface area contributed by atoms with Gasteiger partial charge in [0, 0.05) is 12.5 Å². The molecule has 2 rings (SSSR count). The molecule has 0 unspecified atom stereocenters. The van der Waals surface area contributed by atoms with Gasteiger partial charge in [0.25, 0.3) is 0 Å². The summed E-state index contributed by atoms with van der Waals surface area (Å²) < 4.78 is 29.1. The minimum absolute atomic E-state index is 0.0622. The number of hydrogen-bond acceptors (Lipinski definition) is 7. The van der Waals surface area contributed by atoms with Gasteiger partial charge in [-0.25, -0.2) is 9.59 Å². The van der Waals surface area contributed by atoms with Gasteiger partial charge in [-0.05, 0) is 98.1 Å². The highest BCUT2D eigenvalue weighted by Gasteiger charge is 2.33. The Morgan fingerprint density at radius 3 is 2.02 bits per heavy atom. The molecular formula is C32H47NO7. The Bertz CT molecular complexity index is 1040. The van der Waals surface area contributed by atoms with Crippen LogP contribution in [-0.4, -0.2) is 55.2 Å². The van der Waals surface area contributed by atoms with Gasteiger partial charge in [-0.2, -0.15) is 0 Å². The van der Waals surface area contributed by atoms with Crippen molar-refractivity contribution in [1.82, 2.24) is 5.32 Å². The summed E-state index contributed by atoms with van der Waals surface area (Å²) in [4.78, 5) is 25.2. The summed E-state index contributed by atoms with van der Waals surface area (Å²) in [6.07, 6.45) is -0.464. The molecule has 0 radical (unpaired) electrons. The predicted octanol–water partition coefficient (Wildman–Crippen LogP) is 6.35. The first kappa shape index (κ1) is 32.9. The molecule has 0 saturated heterocycles. The molecule has 0 bridgehead atoms. The quantitative estimate of drug-likeness (QED) is 0.287. The van der Waals surface area contributed by atoms with E-state index in [1.165, 1.54) is 0 Å². The molecule has 1 N–H and O–H groups in total. The summed E-state index contributed by atoms with van der Waals surface area (Å²) in [7, 11) is 1.64. The van der Waals surface area contributed by atoms with E-state index < -0.39 is 35.9 Å². The van der Waals surface area contributed by atoms with Gasteiger partial charge in [-0.15, -0.1) is 0 Å². The average molecular weight is 558 g/mol. The molecule has 40 heavy (non-hydrogen) atoms. The van der Waals surface area contributed by atoms with Crippen molar-refractivity contribution in [2.75, 3.05) is 13.7 Å². The lowest BCUT2D eigenvalue weighted by Gasteiger charge is -2.33. The highest BCUT2D eigenvalue weighted by Crippen LogP contribution is 2.27. The smallest absolute Gasteiger partial charge is 0.408 e. The fourth-order valence-electron chi connectivity index (χ4n) is 4.09. The number of para-hydroxylation sites is 1. The van der Waals surface area contributed by atoms with E-state index in [0.29, 0.717) is 25.2 Å². The van der Waals surface area contributed by atoms with Crippen molar-refractivity contribution in [2.45, 2.75) is 97.7 Å². The maximum Gasteiger partial charge on any atom is 0.408 e. The van der Waals surface area contributed by atoms with Gasteiger partial charge in [-0.3, -0.25) is 0 Å². The standard InChI is InChI=1S/C32H47NO7/c1-22(33-30(35)40-32(6,7)8)29(34)38-23(2)28(39-27-13-11-10-12-14-27)25(19-20-37-31(3,4)5)21-24-15-17-26(36-9)18-16-24/h10-18,22-23,25,28H,19-21H2,1-9H3,(H,33,35)/t22-,23-,25+,28-/m0/s1. The Kier molecular flexibility index (Phi) is 12.3. The van der Waals surface area contributed by atoms with Gasteiger partial charge in [0.2, 0.25) is 0 Å². The first-order valence-electron chi connectivity index (χ1n) is 13.9. The van der Waals surface area contributed by atoms with Crippen LogP contribution in [0.15, 0.2) is 54.6 Å². The van der Waals surface area contributed by atoms with Crippen LogP contribution in [-0.2, 0) is 25.4 Å². The zero-order valence-electron chi connectivity index (χ0n) is 25.5. The third-order valence-electron chi connectivity index (χ3n) is 6.01. The van der Waals surface area contributed by atoms with Gasteiger partial charge in [0.15, 0.2) is 0 Å². The van der Waals surface area contributed by atoms with Crippen LogP contribution in [0.25, 0.3) is 0 Å². The minimum atomic E-state index is -0.904. The van der Waals surface area contributed by atoms with Crippen molar-refractivity contribution in [3.05, 3.63) is 60.2 Å². The fourth-order valence-corrected chi connectivity index (χ4v) is 4.09. The maximum absolute atomic E-state index is 13.0. The number of amides is 1. The van der Waals surface area contributed by atoms with E-state index >= 15 is 0 Å². The Morgan fingerprint density at radius 2 is 1.48 bits per heavy atom. The lowest BCUT2D eigenvalue weighted by molar-refractivity contribution is -0.156. The lowest BCUT2D eigenvalue weighted by Crippen LogP contribution is -2.46. The molecule has 8 heteroatoms. The molecule has 0 aliphatic rings. The Morgan fingerprint density at radius 1 is 0.850 bits per heavy atom. The minimum Gasteiger partial charge on any atom is -0.497 e. The molecule has 0 aliphatic carbocycles. The van der Waals surface area contributed by atoms with Gasteiger partial charge in [0.05, 0.1) is 12.7 Å². The van der Waals surface area contributed by atoms with Crippen molar-refractivity contribution in [1.29, 1.82) is 0 Å². The van der Waals surface area contributed by atoms with Crippen LogP contribution in [0.2, 0.25) is 0 Å². The number of hydrogen-bond donors (Lipinski definition) is 1. The summed E-state index contributed by atoms with van der Waals surface area (Å²) >= 11 is 0. The first-order valence-corrected chi connectivity index (χ1v) is 13.9. The number of methoxy groups -OCH3 is 1. The third-order valence-corrected chi connectivity index (χ3v) is 6.01. The predicted molar refractivity (Wildman–Crippen MR) is 156 cm³/mol. The molecular weight excluding hydrogens is 510 g/mol. The van der Waals surface area contributed by atoms with Crippen LogP contribution in [0.1, 0.15) is 67.4 Å². The van der Waals surface area contributed by atoms with E-state index in [2.05, 4.69) is 5.32 Å². The molecule has 1 amide bonds. The molecule has 0 saturated carbocycles. The van der Waals surface area contributed by atoms with Crippen LogP contribution in [0.4, 0.5) is 4.79 Å². The van der Waals surface area contributed by atoms with Crippen LogP contribution < -0.4 is 14.8 Å². The maximum atomic E-state index is 13.0. The second kappa shape index (κ2) is 14.9. The summed E-state index contributed by atoms with van der Waals surface area (Å²) in [5, 5.41) is 2.55. The molecule has 0 fully saturated rings. The molecule has 2 aromatic rings. The van der Waals surface area contributed by atoms with E-state index in [0.717, 1.165) is 11.3 Å². The van der Waals surface area contributed by atoms with Crippen molar-refractivity contribution < 1.29 is 33.3 Å². The number of rotatable bonds is 13. The fraction of sp³-hybridized carbons (Fsp3) is 0.562. The zero-order chi connectivity index (χ0) is 29.9. The van der Waals surface area contributed by atoms with Gasteiger partial charge < -0.3 is 29.0 Å². The molecule has 0 heterocycles. The zero-order valence-corrected chi connectivity index (χ0v) is 25.5. The Balaban J connectivity index is 2.28. The molecule has 8 nitrogen and oxygen atoms in total. The molecule has 222 valence electrons. The summed E-state index contributed by atoms with van der Waals surface area (Å²) in [5.74, 6) is 0.816. The lowest BCUT2D eigenvalue weighted by atomic mass is 9.88. The van der Waals surface area contributed by atoms with Crippen LogP contribution >= 0.6 is 0 Å². The number of ether oxygens (including phenoxy) is 5. The summed E-state index contributed by atoms with van der Waals surface area (Å²) in [6, 6.07) is 16.5. The Hall–Kier alpha value is -3.26. The number of esters is 1. The molecule has 0 aromatic heterocycles. The van der Waals surface area contributed by atoms with Crippen LogP contribution in [0.5, 0.6) is 11.5 Å². The first-order chi connectivity index (χ1) is 18.7. The van der Waals surface area contributed by atoms with E-state index in [1.807, 2.05) is 82.3 Å². The summed E-state index contributed by atoms with van der Waals surface area (Å²) in [5.41, 5.74) is 0.127. The van der Waals surface area contributed by atoms with E-state index in [4.69, 9.17) is 23.7 Å². The van der Waals surface area contributed by atoms with Crippen LogP contribution in [0.3, 0.4) is 0 Å². The largest absolute Gasteiger partial charge is 0.497 e. The monoisotopic (exact) mass is 557 g/mol. The van der Waals surface area contributed by atoms with Crippen LogP contribution in [0, 0.1) is 5.92 Å². The van der Waals surface area contributed by atoms with Gasteiger partial charge in [-0.1, -0.05) is 30.3 Å². The second-order valence-corrected chi connectivity index (χ2v) is 12.0. The number of nitrogens with one attached hydrogen (secondary N) is 1. The SMILES string of the molecule is COc1ccc(C[C@@H](CCOC(C)(C)C)[C@@H](Oc2ccccc2)[C@H](C)OC(=O)[C@H](C)NC(=O)OC(C)(C)C)cc1. The average Bonchev–Trinajstić information content (AvgIpc) is 2.85. The van der Waals surface area contributed by atoms with Crippen molar-refractivity contribution >= 4 is 12.1 Å². The number of alkyl carbamates (subject to hydrolysis) is 1. The van der Waals surface area contributed by atoms with Crippen molar-refractivity contribution in [3.63, 3.8) is 0 Å². The molecule has 0 spiro atoms. The van der Waals surface area contributed by atoms with E-state index in [-0.39, 0.29) is 11.5 Å². The summed E-state index contributed by atoms with van der Waals surface area (Å²) in [6.45, 7) is 15.2. The topological polar surface area (TPSA) is 92.3 Å². The number of benzene rings is 2.